The van der Waals surface area contributed by atoms with Crippen LogP contribution in [0, 0.1) is 5.82 Å². The monoisotopic (exact) mass is 493 g/mol. The smallest absolute Gasteiger partial charge is 0.226 e. The van der Waals surface area contributed by atoms with Crippen molar-refractivity contribution in [2.24, 2.45) is 0 Å². The van der Waals surface area contributed by atoms with Crippen LogP contribution >= 0.6 is 12.2 Å². The van der Waals surface area contributed by atoms with Crippen LogP contribution in [0.15, 0.2) is 67.0 Å². The van der Waals surface area contributed by atoms with E-state index in [1.165, 1.54) is 12.1 Å². The molecule has 0 spiro atoms. The highest BCUT2D eigenvalue weighted by Crippen LogP contribution is 2.39. The summed E-state index contributed by atoms with van der Waals surface area (Å²) >= 11 is 5.73. The molecule has 2 N–H and O–H groups in total. The number of anilines is 1. The van der Waals surface area contributed by atoms with E-state index in [0.717, 1.165) is 37.4 Å². The van der Waals surface area contributed by atoms with Gasteiger partial charge < -0.3 is 24.8 Å². The zero-order valence-corrected chi connectivity index (χ0v) is 20.1. The van der Waals surface area contributed by atoms with E-state index in [9.17, 15) is 9.18 Å². The zero-order chi connectivity index (χ0) is 24.2. The molecule has 2 saturated heterocycles. The van der Waals surface area contributed by atoms with E-state index < -0.39 is 0 Å². The number of nitrogens with zero attached hydrogens (tertiary/aromatic N) is 3. The van der Waals surface area contributed by atoms with Gasteiger partial charge in [0.2, 0.25) is 5.91 Å². The molecular weight excluding hydrogens is 465 g/mol. The Morgan fingerprint density at radius 2 is 2.06 bits per heavy atom. The van der Waals surface area contributed by atoms with Crippen molar-refractivity contribution in [1.82, 2.24) is 19.8 Å². The summed E-state index contributed by atoms with van der Waals surface area (Å²) in [5.74, 6) is -0.500. The average molecular weight is 494 g/mol. The number of halogens is 1. The summed E-state index contributed by atoms with van der Waals surface area (Å²) in [5, 5.41) is 6.85. The van der Waals surface area contributed by atoms with Gasteiger partial charge in [-0.25, -0.2) is 4.39 Å². The molecule has 0 radical (unpaired) electrons. The van der Waals surface area contributed by atoms with Crippen LogP contribution < -0.4 is 10.6 Å². The van der Waals surface area contributed by atoms with Gasteiger partial charge in [-0.1, -0.05) is 6.07 Å². The number of hydrogen-bond acceptors (Lipinski definition) is 4. The predicted molar refractivity (Wildman–Crippen MR) is 135 cm³/mol. The lowest BCUT2D eigenvalue weighted by atomic mass is 10.0. The standard InChI is InChI=1S/C26H28FN5O2S/c27-18-8-10-19(11-9-18)29-23(33)12-15-32-25(24(30-26(32)35)21-6-1-2-13-28-21)22-7-3-14-31(22)17-20-5-4-16-34-20/h1-3,6-11,13-14,20,24-25H,4-5,12,15-17H2,(H,29,33)(H,30,35)/t20-,24+,25+/m0/s1. The molecule has 35 heavy (non-hydrogen) atoms. The first-order valence-corrected chi connectivity index (χ1v) is 12.3. The molecule has 9 heteroatoms. The van der Waals surface area contributed by atoms with Crippen molar-refractivity contribution in [2.45, 2.75) is 44.0 Å². The quantitative estimate of drug-likeness (QED) is 0.459. The second-order valence-corrected chi connectivity index (χ2v) is 9.23. The molecule has 182 valence electrons. The highest BCUT2D eigenvalue weighted by atomic mass is 32.1. The van der Waals surface area contributed by atoms with Gasteiger partial charge in [0, 0.05) is 49.9 Å². The Morgan fingerprint density at radius 3 is 2.80 bits per heavy atom. The predicted octanol–water partition coefficient (Wildman–Crippen LogP) is 4.20. The lowest BCUT2D eigenvalue weighted by Gasteiger charge is -2.29. The molecule has 3 aromatic rings. The second-order valence-electron chi connectivity index (χ2n) is 8.85. The van der Waals surface area contributed by atoms with Gasteiger partial charge in [0.1, 0.15) is 5.82 Å². The summed E-state index contributed by atoms with van der Waals surface area (Å²) in [6.07, 6.45) is 6.43. The molecule has 0 saturated carbocycles. The van der Waals surface area contributed by atoms with Crippen molar-refractivity contribution in [3.05, 3.63) is 84.2 Å². The van der Waals surface area contributed by atoms with Gasteiger partial charge in [-0.05, 0) is 73.6 Å². The van der Waals surface area contributed by atoms with Crippen molar-refractivity contribution < 1.29 is 13.9 Å². The van der Waals surface area contributed by atoms with Gasteiger partial charge in [0.15, 0.2) is 5.11 Å². The number of hydrogen-bond donors (Lipinski definition) is 2. The van der Waals surface area contributed by atoms with Crippen molar-refractivity contribution >= 4 is 28.9 Å². The van der Waals surface area contributed by atoms with Gasteiger partial charge in [0.25, 0.3) is 0 Å². The van der Waals surface area contributed by atoms with E-state index in [2.05, 4.69) is 37.3 Å². The summed E-state index contributed by atoms with van der Waals surface area (Å²) in [4.78, 5) is 19.3. The number of thiocarbonyl (C=S) groups is 1. The summed E-state index contributed by atoms with van der Waals surface area (Å²) < 4.78 is 21.3. The first-order valence-electron chi connectivity index (χ1n) is 11.9. The molecule has 4 heterocycles. The molecule has 0 unspecified atom stereocenters. The molecule has 0 aliphatic carbocycles. The van der Waals surface area contributed by atoms with E-state index in [1.54, 1.807) is 18.3 Å². The Bertz CT molecular complexity index is 1160. The molecule has 7 nitrogen and oxygen atoms in total. The van der Waals surface area contributed by atoms with Gasteiger partial charge in [-0.3, -0.25) is 9.78 Å². The maximum Gasteiger partial charge on any atom is 0.226 e. The highest BCUT2D eigenvalue weighted by molar-refractivity contribution is 7.80. The van der Waals surface area contributed by atoms with Crippen LogP contribution in [0.2, 0.25) is 0 Å². The molecule has 3 atom stereocenters. The Morgan fingerprint density at radius 1 is 1.20 bits per heavy atom. The Kier molecular flexibility index (Phi) is 7.06. The first-order chi connectivity index (χ1) is 17.1. The minimum atomic E-state index is -0.342. The van der Waals surface area contributed by atoms with Crippen LogP contribution in [-0.4, -0.2) is 44.7 Å². The summed E-state index contributed by atoms with van der Waals surface area (Å²) in [5.41, 5.74) is 2.55. The van der Waals surface area contributed by atoms with Gasteiger partial charge in [-0.15, -0.1) is 0 Å². The molecular formula is C26H28FN5O2S. The van der Waals surface area contributed by atoms with Gasteiger partial charge >= 0.3 is 0 Å². The van der Waals surface area contributed by atoms with Crippen LogP contribution in [-0.2, 0) is 16.1 Å². The first kappa shape index (κ1) is 23.4. The lowest BCUT2D eigenvalue weighted by molar-refractivity contribution is -0.116. The fraction of sp³-hybridized carbons (Fsp3) is 0.346. The largest absolute Gasteiger partial charge is 0.376 e. The minimum Gasteiger partial charge on any atom is -0.376 e. The molecule has 0 bridgehead atoms. The molecule has 2 fully saturated rings. The normalized spacial score (nSPS) is 21.8. The van der Waals surface area contributed by atoms with Crippen molar-refractivity contribution in [3.8, 4) is 0 Å². The van der Waals surface area contributed by atoms with E-state index >= 15 is 0 Å². The summed E-state index contributed by atoms with van der Waals surface area (Å²) in [6.45, 7) is 2.01. The van der Waals surface area contributed by atoms with Gasteiger partial charge in [-0.2, -0.15) is 0 Å². The molecule has 5 rings (SSSR count). The molecule has 2 aliphatic heterocycles. The van der Waals surface area contributed by atoms with E-state index in [0.29, 0.717) is 17.3 Å². The maximum absolute atomic E-state index is 13.2. The average Bonchev–Trinajstić information content (AvgIpc) is 3.61. The highest BCUT2D eigenvalue weighted by Gasteiger charge is 2.41. The third-order valence-electron chi connectivity index (χ3n) is 6.50. The minimum absolute atomic E-state index is 0.132. The fourth-order valence-electron chi connectivity index (χ4n) is 4.82. The van der Waals surface area contributed by atoms with Gasteiger partial charge in [0.05, 0.1) is 23.9 Å². The zero-order valence-electron chi connectivity index (χ0n) is 19.3. The van der Waals surface area contributed by atoms with E-state index in [4.69, 9.17) is 17.0 Å². The Labute approximate surface area is 209 Å². The number of pyridine rings is 1. The number of ether oxygens (including phenoxy) is 1. The van der Waals surface area contributed by atoms with Crippen molar-refractivity contribution in [3.63, 3.8) is 0 Å². The number of nitrogens with one attached hydrogen (secondary N) is 2. The van der Waals surface area contributed by atoms with Crippen LogP contribution in [0.5, 0.6) is 0 Å². The molecule has 2 aromatic heterocycles. The van der Waals surface area contributed by atoms with Crippen molar-refractivity contribution in [2.75, 3.05) is 18.5 Å². The number of rotatable bonds is 8. The fourth-order valence-corrected chi connectivity index (χ4v) is 5.15. The van der Waals surface area contributed by atoms with E-state index in [1.807, 2.05) is 24.3 Å². The molecule has 1 aromatic carbocycles. The Hall–Kier alpha value is -3.30. The van der Waals surface area contributed by atoms with Crippen LogP contribution in [0.4, 0.5) is 10.1 Å². The van der Waals surface area contributed by atoms with Crippen LogP contribution in [0.3, 0.4) is 0 Å². The number of aromatic nitrogens is 2. The lowest BCUT2D eigenvalue weighted by Crippen LogP contribution is -2.33. The van der Waals surface area contributed by atoms with E-state index in [-0.39, 0.29) is 36.3 Å². The van der Waals surface area contributed by atoms with Crippen LogP contribution in [0.25, 0.3) is 0 Å². The summed E-state index contributed by atoms with van der Waals surface area (Å²) in [7, 11) is 0. The summed E-state index contributed by atoms with van der Waals surface area (Å²) in [6, 6.07) is 15.5. The number of carbonyl (C=O) groups excluding carboxylic acids is 1. The molecule has 1 amide bonds. The second kappa shape index (κ2) is 10.5. The number of benzene rings is 1. The number of carbonyl (C=O) groups is 1. The topological polar surface area (TPSA) is 71.4 Å². The third-order valence-corrected chi connectivity index (χ3v) is 6.85. The molecule has 2 aliphatic rings. The number of amides is 1. The maximum atomic E-state index is 13.2. The SMILES string of the molecule is O=C(CCN1C(=S)N[C@H](c2ccccn2)[C@H]1c1cccn1C[C@@H]1CCCO1)Nc1ccc(F)cc1. The van der Waals surface area contributed by atoms with Crippen molar-refractivity contribution in [1.29, 1.82) is 0 Å². The third kappa shape index (κ3) is 5.36. The van der Waals surface area contributed by atoms with Crippen LogP contribution in [0.1, 0.15) is 42.7 Å². The Balaban J connectivity index is 1.36.